The Morgan fingerprint density at radius 2 is 1.96 bits per heavy atom. The molecule has 3 aliphatic rings. The first-order valence-corrected chi connectivity index (χ1v) is 8.73. The Hall–Kier alpha value is -2.76. The van der Waals surface area contributed by atoms with Gasteiger partial charge in [0, 0.05) is 18.3 Å². The number of aliphatic imine (C=N–C) groups is 1. The molecule has 1 saturated heterocycles. The van der Waals surface area contributed by atoms with Gasteiger partial charge in [-0.1, -0.05) is 6.92 Å². The number of pyridine rings is 1. The van der Waals surface area contributed by atoms with Crippen molar-refractivity contribution >= 4 is 11.4 Å². The van der Waals surface area contributed by atoms with E-state index in [1.54, 1.807) is 21.3 Å². The zero-order chi connectivity index (χ0) is 18.3. The van der Waals surface area contributed by atoms with Gasteiger partial charge in [0.2, 0.25) is 11.8 Å². The highest BCUT2D eigenvalue weighted by atomic mass is 16.5. The second-order valence-electron chi connectivity index (χ2n) is 6.68. The van der Waals surface area contributed by atoms with Crippen molar-refractivity contribution in [1.82, 2.24) is 4.98 Å². The number of hydrogen-bond acceptors (Lipinski definition) is 6. The van der Waals surface area contributed by atoms with Gasteiger partial charge in [0.25, 0.3) is 0 Å². The van der Waals surface area contributed by atoms with E-state index in [-0.39, 0.29) is 11.3 Å². The minimum Gasteiger partial charge on any atom is -0.495 e. The van der Waals surface area contributed by atoms with E-state index < -0.39 is 0 Å². The molecule has 0 radical (unpaired) electrons. The van der Waals surface area contributed by atoms with Crippen molar-refractivity contribution in [3.8, 4) is 5.88 Å². The van der Waals surface area contributed by atoms with Gasteiger partial charge in [-0.2, -0.15) is 0 Å². The van der Waals surface area contributed by atoms with Crippen LogP contribution in [-0.2, 0) is 9.47 Å². The van der Waals surface area contributed by atoms with E-state index in [1.165, 1.54) is 5.70 Å². The number of ether oxygens (including phenoxy) is 3. The average molecular weight is 353 g/mol. The first-order chi connectivity index (χ1) is 12.6. The van der Waals surface area contributed by atoms with Crippen LogP contribution in [0.1, 0.15) is 13.3 Å². The summed E-state index contributed by atoms with van der Waals surface area (Å²) in [7, 11) is 4.97. The lowest BCUT2D eigenvalue weighted by molar-refractivity contribution is 0.257. The molecule has 4 rings (SSSR count). The van der Waals surface area contributed by atoms with E-state index in [9.17, 15) is 0 Å². The summed E-state index contributed by atoms with van der Waals surface area (Å²) in [6.45, 7) is 3.11. The van der Waals surface area contributed by atoms with Gasteiger partial charge in [0.05, 0.1) is 44.3 Å². The van der Waals surface area contributed by atoms with Crippen molar-refractivity contribution < 1.29 is 14.2 Å². The lowest BCUT2D eigenvalue weighted by Gasteiger charge is -2.41. The molecule has 1 aromatic rings. The van der Waals surface area contributed by atoms with Gasteiger partial charge in [-0.3, -0.25) is 0 Å². The lowest BCUT2D eigenvalue weighted by Crippen LogP contribution is -2.43. The van der Waals surface area contributed by atoms with Crippen molar-refractivity contribution in [2.75, 3.05) is 32.8 Å². The molecular formula is C20H23N3O3. The van der Waals surface area contributed by atoms with Gasteiger partial charge in [0.1, 0.15) is 5.76 Å². The predicted octanol–water partition coefficient (Wildman–Crippen LogP) is 3.29. The molecule has 1 fully saturated rings. The Morgan fingerprint density at radius 3 is 2.62 bits per heavy atom. The third-order valence-corrected chi connectivity index (χ3v) is 5.59. The summed E-state index contributed by atoms with van der Waals surface area (Å²) < 4.78 is 16.2. The number of anilines is 1. The number of aromatic nitrogens is 1. The molecule has 0 bridgehead atoms. The van der Waals surface area contributed by atoms with Crippen LogP contribution in [-0.4, -0.2) is 38.6 Å². The van der Waals surface area contributed by atoms with Gasteiger partial charge in [-0.15, -0.1) is 0 Å². The summed E-state index contributed by atoms with van der Waals surface area (Å²) in [5, 5.41) is 0. The number of nitrogens with zero attached hydrogens (tertiary/aromatic N) is 3. The third kappa shape index (κ3) is 2.25. The summed E-state index contributed by atoms with van der Waals surface area (Å²) in [6.07, 6.45) is 9.06. The van der Waals surface area contributed by atoms with Gasteiger partial charge >= 0.3 is 0 Å². The predicted molar refractivity (Wildman–Crippen MR) is 100 cm³/mol. The largest absolute Gasteiger partial charge is 0.495 e. The van der Waals surface area contributed by atoms with E-state index in [0.717, 1.165) is 30.1 Å². The fourth-order valence-corrected chi connectivity index (χ4v) is 4.24. The number of rotatable bonds is 4. The van der Waals surface area contributed by atoms with E-state index >= 15 is 0 Å². The molecule has 1 aliphatic carbocycles. The SMILES string of the molecule is COC1=CC(C)C23CCN(c4ccc(OC)nc4)C2=CC=C(OC)C3=N1. The van der Waals surface area contributed by atoms with Crippen LogP contribution in [0.25, 0.3) is 0 Å². The maximum absolute atomic E-state index is 5.63. The van der Waals surface area contributed by atoms with Crippen LogP contribution >= 0.6 is 0 Å². The smallest absolute Gasteiger partial charge is 0.213 e. The molecular weight excluding hydrogens is 330 g/mol. The third-order valence-electron chi connectivity index (χ3n) is 5.59. The second kappa shape index (κ2) is 6.20. The van der Waals surface area contributed by atoms with Crippen molar-refractivity contribution in [2.24, 2.45) is 16.3 Å². The number of methoxy groups -OCH3 is 3. The van der Waals surface area contributed by atoms with Crippen LogP contribution in [0, 0.1) is 11.3 Å². The molecule has 2 atom stereocenters. The van der Waals surface area contributed by atoms with Crippen LogP contribution in [0.4, 0.5) is 5.69 Å². The highest BCUT2D eigenvalue weighted by molar-refractivity contribution is 6.08. The zero-order valence-electron chi connectivity index (χ0n) is 15.5. The van der Waals surface area contributed by atoms with Crippen molar-refractivity contribution in [2.45, 2.75) is 13.3 Å². The molecule has 1 spiro atoms. The summed E-state index contributed by atoms with van der Waals surface area (Å²) in [5.74, 6) is 2.30. The quantitative estimate of drug-likeness (QED) is 0.831. The second-order valence-corrected chi connectivity index (χ2v) is 6.68. The molecule has 3 heterocycles. The molecule has 0 N–H and O–H groups in total. The molecule has 26 heavy (non-hydrogen) atoms. The van der Waals surface area contributed by atoms with E-state index in [2.05, 4.69) is 29.0 Å². The summed E-state index contributed by atoms with van der Waals surface area (Å²) in [5.41, 5.74) is 3.02. The van der Waals surface area contributed by atoms with Crippen LogP contribution in [0.5, 0.6) is 5.88 Å². The highest BCUT2D eigenvalue weighted by Gasteiger charge is 2.54. The molecule has 1 aromatic heterocycles. The maximum Gasteiger partial charge on any atom is 0.213 e. The Labute approximate surface area is 153 Å². The maximum atomic E-state index is 5.63. The van der Waals surface area contributed by atoms with Gasteiger partial charge in [-0.25, -0.2) is 9.98 Å². The summed E-state index contributed by atoms with van der Waals surface area (Å²) in [4.78, 5) is 11.4. The van der Waals surface area contributed by atoms with Crippen LogP contribution < -0.4 is 9.64 Å². The fourth-order valence-electron chi connectivity index (χ4n) is 4.24. The first kappa shape index (κ1) is 16.7. The summed E-state index contributed by atoms with van der Waals surface area (Å²) in [6, 6.07) is 3.93. The highest BCUT2D eigenvalue weighted by Crippen LogP contribution is 2.54. The van der Waals surface area contributed by atoms with Gasteiger partial charge in [-0.05, 0) is 36.6 Å². The molecule has 0 aromatic carbocycles. The normalized spacial score (nSPS) is 26.8. The standard InChI is InChI=1S/C20H23N3O3/c1-13-11-18(26-4)22-19-15(24-2)6-7-16-20(13,19)9-10-23(16)14-5-8-17(25-3)21-12-14/h5-8,11-13H,9-10H2,1-4H3. The minimum absolute atomic E-state index is 0.206. The molecule has 2 unspecified atom stereocenters. The fraction of sp³-hybridized carbons (Fsp3) is 0.400. The topological polar surface area (TPSA) is 56.2 Å². The van der Waals surface area contributed by atoms with E-state index in [4.69, 9.17) is 19.2 Å². The Balaban J connectivity index is 1.80. The molecule has 2 aliphatic heterocycles. The minimum atomic E-state index is -0.206. The van der Waals surface area contributed by atoms with Crippen molar-refractivity contribution in [3.63, 3.8) is 0 Å². The van der Waals surface area contributed by atoms with Gasteiger partial charge in [0.15, 0.2) is 0 Å². The number of allylic oxidation sites excluding steroid dienone is 5. The molecule has 0 amide bonds. The first-order valence-electron chi connectivity index (χ1n) is 8.73. The van der Waals surface area contributed by atoms with Crippen LogP contribution in [0.3, 0.4) is 0 Å². The van der Waals surface area contributed by atoms with Crippen LogP contribution in [0.15, 0.2) is 58.9 Å². The monoisotopic (exact) mass is 353 g/mol. The molecule has 0 saturated carbocycles. The van der Waals surface area contributed by atoms with Crippen molar-refractivity contribution in [3.05, 3.63) is 53.9 Å². The molecule has 6 nitrogen and oxygen atoms in total. The zero-order valence-corrected chi connectivity index (χ0v) is 15.5. The lowest BCUT2D eigenvalue weighted by atomic mass is 9.66. The van der Waals surface area contributed by atoms with Gasteiger partial charge < -0.3 is 19.1 Å². The Kier molecular flexibility index (Phi) is 3.98. The Bertz CT molecular complexity index is 838. The molecule has 136 valence electrons. The Morgan fingerprint density at radius 1 is 1.12 bits per heavy atom. The average Bonchev–Trinajstić information content (AvgIpc) is 3.07. The molecule has 6 heteroatoms. The van der Waals surface area contributed by atoms with E-state index in [0.29, 0.717) is 11.8 Å². The van der Waals surface area contributed by atoms with Crippen LogP contribution in [0.2, 0.25) is 0 Å². The van der Waals surface area contributed by atoms with E-state index in [1.807, 2.05) is 24.4 Å². The summed E-state index contributed by atoms with van der Waals surface area (Å²) >= 11 is 0. The van der Waals surface area contributed by atoms with Crippen molar-refractivity contribution in [1.29, 1.82) is 0 Å². The number of hydrogen-bond donors (Lipinski definition) is 0.